The van der Waals surface area contributed by atoms with Gasteiger partial charge in [-0.2, -0.15) is 4.39 Å². The number of rotatable bonds is 2. The molecule has 1 N–H and O–H groups in total. The Hall–Kier alpha value is -1.65. The fourth-order valence-electron chi connectivity index (χ4n) is 1.00. The van der Waals surface area contributed by atoms with Crippen molar-refractivity contribution in [2.75, 3.05) is 5.32 Å². The van der Waals surface area contributed by atoms with Gasteiger partial charge in [0, 0.05) is 6.20 Å². The molecule has 0 saturated heterocycles. The predicted octanol–water partition coefficient (Wildman–Crippen LogP) is 0.538. The van der Waals surface area contributed by atoms with Crippen molar-refractivity contribution in [3.8, 4) is 0 Å². The summed E-state index contributed by atoms with van der Waals surface area (Å²) in [6.07, 6.45) is 0.269. The number of anilines is 1. The van der Waals surface area contributed by atoms with E-state index in [1.807, 2.05) is 5.32 Å². The highest BCUT2D eigenvalue weighted by Crippen LogP contribution is 2.17. The van der Waals surface area contributed by atoms with Crippen molar-refractivity contribution in [3.05, 3.63) is 23.8 Å². The zero-order chi connectivity index (χ0) is 9.84. The molecule has 1 aromatic heterocycles. The SMILES string of the molecule is CCc1ccnc(F)c1NC(=O)[O-]. The van der Waals surface area contributed by atoms with Gasteiger partial charge in [-0.1, -0.05) is 6.92 Å². The monoisotopic (exact) mass is 183 g/mol. The molecule has 0 aromatic carbocycles. The molecule has 4 nitrogen and oxygen atoms in total. The number of amides is 1. The quantitative estimate of drug-likeness (QED) is 0.680. The zero-order valence-corrected chi connectivity index (χ0v) is 7.00. The van der Waals surface area contributed by atoms with Gasteiger partial charge in [-0.05, 0) is 18.1 Å². The lowest BCUT2D eigenvalue weighted by molar-refractivity contribution is -0.242. The molecule has 0 unspecified atom stereocenters. The third-order valence-electron chi connectivity index (χ3n) is 1.60. The molecule has 1 rings (SSSR count). The molecule has 0 spiro atoms. The summed E-state index contributed by atoms with van der Waals surface area (Å²) >= 11 is 0. The Morgan fingerprint density at radius 3 is 3.00 bits per heavy atom. The molecule has 1 amide bonds. The second-order valence-corrected chi connectivity index (χ2v) is 2.40. The van der Waals surface area contributed by atoms with Gasteiger partial charge >= 0.3 is 0 Å². The van der Waals surface area contributed by atoms with E-state index in [4.69, 9.17) is 0 Å². The van der Waals surface area contributed by atoms with Gasteiger partial charge < -0.3 is 15.2 Å². The van der Waals surface area contributed by atoms with E-state index in [0.717, 1.165) is 0 Å². The highest BCUT2D eigenvalue weighted by Gasteiger charge is 2.07. The highest BCUT2D eigenvalue weighted by molar-refractivity contribution is 5.82. The summed E-state index contributed by atoms with van der Waals surface area (Å²) in [4.78, 5) is 13.5. The Bertz CT molecular complexity index is 328. The fourth-order valence-corrected chi connectivity index (χ4v) is 1.00. The Morgan fingerprint density at radius 2 is 2.46 bits per heavy atom. The Morgan fingerprint density at radius 1 is 1.77 bits per heavy atom. The maximum atomic E-state index is 12.9. The van der Waals surface area contributed by atoms with Crippen LogP contribution >= 0.6 is 0 Å². The third kappa shape index (κ3) is 2.14. The van der Waals surface area contributed by atoms with Gasteiger partial charge in [0.1, 0.15) is 6.09 Å². The molecule has 5 heteroatoms. The van der Waals surface area contributed by atoms with Gasteiger partial charge in [-0.25, -0.2) is 4.98 Å². The number of halogens is 1. The molecule has 0 aliphatic heterocycles. The highest BCUT2D eigenvalue weighted by atomic mass is 19.1. The van der Waals surface area contributed by atoms with E-state index in [1.54, 1.807) is 13.0 Å². The lowest BCUT2D eigenvalue weighted by Gasteiger charge is -2.10. The summed E-state index contributed by atoms with van der Waals surface area (Å²) in [5.41, 5.74) is 0.432. The van der Waals surface area contributed by atoms with Crippen molar-refractivity contribution in [3.63, 3.8) is 0 Å². The van der Waals surface area contributed by atoms with Crippen LogP contribution in [0, 0.1) is 5.95 Å². The van der Waals surface area contributed by atoms with E-state index < -0.39 is 12.0 Å². The number of aromatic nitrogens is 1. The Labute approximate surface area is 74.4 Å². The van der Waals surface area contributed by atoms with Crippen LogP contribution in [0.3, 0.4) is 0 Å². The van der Waals surface area contributed by atoms with Crippen molar-refractivity contribution < 1.29 is 14.3 Å². The van der Waals surface area contributed by atoms with E-state index in [9.17, 15) is 14.3 Å². The average Bonchev–Trinajstić information content (AvgIpc) is 2.08. The zero-order valence-electron chi connectivity index (χ0n) is 7.00. The lowest BCUT2D eigenvalue weighted by atomic mass is 10.2. The number of aryl methyl sites for hydroxylation is 1. The maximum Gasteiger partial charge on any atom is 0.236 e. The number of carbonyl (C=O) groups excluding carboxylic acids is 1. The molecule has 13 heavy (non-hydrogen) atoms. The average molecular weight is 183 g/mol. The summed E-state index contributed by atoms with van der Waals surface area (Å²) in [6.45, 7) is 1.79. The first-order chi connectivity index (χ1) is 6.15. The minimum Gasteiger partial charge on any atom is -0.530 e. The van der Waals surface area contributed by atoms with Gasteiger partial charge in [0.05, 0.1) is 5.69 Å². The van der Waals surface area contributed by atoms with Crippen molar-refractivity contribution in [2.45, 2.75) is 13.3 Å². The Kier molecular flexibility index (Phi) is 2.79. The molecule has 0 aliphatic rings. The summed E-state index contributed by atoms with van der Waals surface area (Å²) < 4.78 is 12.9. The van der Waals surface area contributed by atoms with E-state index in [1.165, 1.54) is 6.20 Å². The van der Waals surface area contributed by atoms with Crippen LogP contribution in [0.15, 0.2) is 12.3 Å². The number of hydrogen-bond donors (Lipinski definition) is 1. The van der Waals surface area contributed by atoms with E-state index in [0.29, 0.717) is 12.0 Å². The molecule has 0 fully saturated rings. The molecular formula is C8H8FN2O2-. The van der Waals surface area contributed by atoms with Gasteiger partial charge in [0.25, 0.3) is 0 Å². The topological polar surface area (TPSA) is 65.0 Å². The number of nitrogens with zero attached hydrogens (tertiary/aromatic N) is 1. The second-order valence-electron chi connectivity index (χ2n) is 2.40. The Balaban J connectivity index is 3.07. The fraction of sp³-hybridized carbons (Fsp3) is 0.250. The number of hydrogen-bond acceptors (Lipinski definition) is 3. The van der Waals surface area contributed by atoms with E-state index >= 15 is 0 Å². The number of pyridine rings is 1. The number of carboxylic acid groups (broad SMARTS) is 1. The van der Waals surface area contributed by atoms with Crippen molar-refractivity contribution >= 4 is 11.8 Å². The van der Waals surface area contributed by atoms with Crippen LogP contribution in [-0.2, 0) is 6.42 Å². The summed E-state index contributed by atoms with van der Waals surface area (Å²) in [7, 11) is 0. The summed E-state index contributed by atoms with van der Waals surface area (Å²) in [5, 5.41) is 12.0. The molecule has 1 heterocycles. The molecule has 0 saturated carbocycles. The minimum atomic E-state index is -1.54. The third-order valence-corrected chi connectivity index (χ3v) is 1.60. The minimum absolute atomic E-state index is 0.120. The summed E-state index contributed by atoms with van der Waals surface area (Å²) in [6, 6.07) is 1.55. The number of carbonyl (C=O) groups is 1. The smallest absolute Gasteiger partial charge is 0.236 e. The van der Waals surface area contributed by atoms with Crippen LogP contribution in [-0.4, -0.2) is 11.1 Å². The van der Waals surface area contributed by atoms with E-state index in [2.05, 4.69) is 4.98 Å². The first-order valence-corrected chi connectivity index (χ1v) is 3.76. The molecule has 1 aromatic rings. The van der Waals surface area contributed by atoms with Crippen LogP contribution in [0.5, 0.6) is 0 Å². The van der Waals surface area contributed by atoms with Gasteiger partial charge in [-0.15, -0.1) is 0 Å². The van der Waals surface area contributed by atoms with Gasteiger partial charge in [-0.3, -0.25) is 0 Å². The number of nitrogens with one attached hydrogen (secondary N) is 1. The van der Waals surface area contributed by atoms with Crippen molar-refractivity contribution in [1.29, 1.82) is 0 Å². The lowest BCUT2D eigenvalue weighted by Crippen LogP contribution is -2.29. The first kappa shape index (κ1) is 9.44. The molecule has 0 bridgehead atoms. The van der Waals surface area contributed by atoms with Crippen LogP contribution in [0.4, 0.5) is 14.9 Å². The standard InChI is InChI=1S/C8H9FN2O2/c1-2-5-3-4-10-7(9)6(5)11-8(12)13/h3-4,11H,2H2,1H3,(H,12,13)/p-1. The van der Waals surface area contributed by atoms with Crippen molar-refractivity contribution in [1.82, 2.24) is 4.98 Å². The van der Waals surface area contributed by atoms with Gasteiger partial charge in [0.15, 0.2) is 0 Å². The van der Waals surface area contributed by atoms with Crippen LogP contribution in [0.25, 0.3) is 0 Å². The molecule has 0 aliphatic carbocycles. The largest absolute Gasteiger partial charge is 0.530 e. The van der Waals surface area contributed by atoms with Crippen molar-refractivity contribution in [2.24, 2.45) is 0 Å². The second kappa shape index (κ2) is 3.84. The normalized spacial score (nSPS) is 9.69. The molecule has 0 radical (unpaired) electrons. The molecule has 0 atom stereocenters. The van der Waals surface area contributed by atoms with Crippen LogP contribution in [0.2, 0.25) is 0 Å². The van der Waals surface area contributed by atoms with Gasteiger partial charge in [0.2, 0.25) is 5.95 Å². The molecule has 70 valence electrons. The maximum absolute atomic E-state index is 12.9. The predicted molar refractivity (Wildman–Crippen MR) is 42.6 cm³/mol. The van der Waals surface area contributed by atoms with Crippen LogP contribution < -0.4 is 10.4 Å². The van der Waals surface area contributed by atoms with E-state index in [-0.39, 0.29) is 5.69 Å². The summed E-state index contributed by atoms with van der Waals surface area (Å²) in [5.74, 6) is -0.830. The molecular weight excluding hydrogens is 175 g/mol. The van der Waals surface area contributed by atoms with Crippen LogP contribution in [0.1, 0.15) is 12.5 Å². The first-order valence-electron chi connectivity index (χ1n) is 3.76.